The quantitative estimate of drug-likeness (QED) is 0.257. The van der Waals surface area contributed by atoms with Crippen LogP contribution in [-0.2, 0) is 27.4 Å². The van der Waals surface area contributed by atoms with E-state index in [1.165, 1.54) is 31.1 Å². The van der Waals surface area contributed by atoms with Crippen molar-refractivity contribution in [3.05, 3.63) is 163 Å². The van der Waals surface area contributed by atoms with Gasteiger partial charge in [-0.3, -0.25) is 0 Å². The minimum Gasteiger partial charge on any atom is -1.00 e. The molecule has 0 amide bonds. The fourth-order valence-electron chi connectivity index (χ4n) is 6.31. The van der Waals surface area contributed by atoms with Gasteiger partial charge in [0, 0.05) is 0 Å². The second-order valence-electron chi connectivity index (χ2n) is 10.1. The van der Waals surface area contributed by atoms with E-state index in [-0.39, 0.29) is 24.8 Å². The van der Waals surface area contributed by atoms with Gasteiger partial charge in [-0.25, -0.2) is 0 Å². The Hall–Kier alpha value is -2.30. The third kappa shape index (κ3) is 4.69. The normalized spacial score (nSPS) is 17.8. The molecule has 0 aromatic heterocycles. The Bertz CT molecular complexity index is 1400. The third-order valence-electron chi connectivity index (χ3n) is 7.95. The van der Waals surface area contributed by atoms with Gasteiger partial charge >= 0.3 is 240 Å². The van der Waals surface area contributed by atoms with Crippen LogP contribution in [-0.4, -0.2) is 16.6 Å². The minimum atomic E-state index is -2.88. The van der Waals surface area contributed by atoms with Crippen molar-refractivity contribution in [2.45, 2.75) is 12.8 Å². The molecule has 0 saturated carbocycles. The third-order valence-corrected chi connectivity index (χ3v) is 22.5. The Morgan fingerprint density at radius 3 is 1.05 bits per heavy atom. The summed E-state index contributed by atoms with van der Waals surface area (Å²) in [6.07, 6.45) is 11.9. The van der Waals surface area contributed by atoms with E-state index >= 15 is 0 Å². The largest absolute Gasteiger partial charge is 1.00 e. The maximum atomic E-state index is 8.33. The smallest absolute Gasteiger partial charge is 1.00 e. The molecule has 0 radical (unpaired) electrons. The van der Waals surface area contributed by atoms with Crippen LogP contribution in [0.1, 0.15) is 12.8 Å². The standard InChI is InChI=1S/C34H28OSi2.2ClH.Zr/c1-5-17-29(18-6-1)36(33-25-13-14-26-33,30-19-7-2-8-20-30)35-37(34-27-15-16-28-34,31-21-9-3-10-22-31)32-23-11-4-12-24-32;;;/h1-13,15,17-25,27H,14,16H2;2*1H;/q;;;+2/p-2. The number of benzene rings is 4. The van der Waals surface area contributed by atoms with Crippen molar-refractivity contribution < 1.29 is 52.2 Å². The number of halogens is 2. The van der Waals surface area contributed by atoms with Crippen molar-refractivity contribution in [1.82, 2.24) is 0 Å². The molecule has 0 atom stereocenters. The number of hydrogen-bond acceptors (Lipinski definition) is 1. The van der Waals surface area contributed by atoms with Gasteiger partial charge in [0.05, 0.1) is 0 Å². The molecule has 0 saturated heterocycles. The molecule has 0 unspecified atom stereocenters. The molecule has 4 aromatic carbocycles. The van der Waals surface area contributed by atoms with Crippen LogP contribution in [0.2, 0.25) is 0 Å². The van der Waals surface area contributed by atoms with Crippen LogP contribution in [0.5, 0.6) is 0 Å². The summed E-state index contributed by atoms with van der Waals surface area (Å²) in [6.45, 7) is 0. The van der Waals surface area contributed by atoms with E-state index in [1.807, 2.05) is 0 Å². The van der Waals surface area contributed by atoms with Crippen LogP contribution in [0.4, 0.5) is 0 Å². The monoisotopic (exact) mass is 668 g/mol. The molecule has 3 aliphatic rings. The Morgan fingerprint density at radius 2 is 0.750 bits per heavy atom. The predicted molar refractivity (Wildman–Crippen MR) is 158 cm³/mol. The van der Waals surface area contributed by atoms with Gasteiger partial charge in [-0.05, 0) is 0 Å². The van der Waals surface area contributed by atoms with E-state index in [9.17, 15) is 0 Å². The van der Waals surface area contributed by atoms with E-state index in [2.05, 4.69) is 146 Å². The average Bonchev–Trinajstić information content (AvgIpc) is 3.66. The summed E-state index contributed by atoms with van der Waals surface area (Å²) in [5, 5.41) is 8.42. The first kappa shape index (κ1) is 29.2. The van der Waals surface area contributed by atoms with Gasteiger partial charge in [-0.1, -0.05) is 0 Å². The molecule has 40 heavy (non-hydrogen) atoms. The zero-order valence-corrected chi connectivity index (χ0v) is 27.9. The topological polar surface area (TPSA) is 9.23 Å². The molecule has 196 valence electrons. The zero-order valence-electron chi connectivity index (χ0n) is 21.9. The van der Waals surface area contributed by atoms with Gasteiger partial charge in [0.15, 0.2) is 0 Å². The molecule has 0 N–H and O–H groups in total. The van der Waals surface area contributed by atoms with Crippen LogP contribution in [0.3, 0.4) is 0 Å². The van der Waals surface area contributed by atoms with Gasteiger partial charge in [0.1, 0.15) is 0 Å². The first-order valence-electron chi connectivity index (χ1n) is 13.3. The van der Waals surface area contributed by atoms with Crippen molar-refractivity contribution in [2.24, 2.45) is 0 Å². The molecule has 0 spiro atoms. The maximum Gasteiger partial charge on any atom is -1.00 e. The molecule has 6 heteroatoms. The molecule has 2 aliphatic carbocycles. The van der Waals surface area contributed by atoms with Crippen LogP contribution in [0.25, 0.3) is 0 Å². The van der Waals surface area contributed by atoms with E-state index < -0.39 is 39.9 Å². The molecule has 1 nitrogen and oxygen atoms in total. The maximum absolute atomic E-state index is 8.33. The SMILES string of the molecule is C1=CC2=[C](C1)[Zr+2][C]1=C(C=CC1)[Si](c1ccccc1)(c1ccccc1)O[Si]2(c1ccccc1)c1ccccc1.[Cl-].[Cl-]. The van der Waals surface area contributed by atoms with Crippen LogP contribution >= 0.6 is 0 Å². The Labute approximate surface area is 263 Å². The van der Waals surface area contributed by atoms with Crippen LogP contribution in [0.15, 0.2) is 163 Å². The molecule has 0 bridgehead atoms. The first-order chi connectivity index (χ1) is 18.8. The van der Waals surface area contributed by atoms with Crippen molar-refractivity contribution >= 4 is 37.4 Å². The Balaban J connectivity index is 0.00000161. The van der Waals surface area contributed by atoms with Gasteiger partial charge in [0.25, 0.3) is 0 Å². The fourth-order valence-corrected chi connectivity index (χ4v) is 23.6. The van der Waals surface area contributed by atoms with Crippen molar-refractivity contribution in [3.63, 3.8) is 0 Å². The molecule has 7 rings (SSSR count). The van der Waals surface area contributed by atoms with Crippen molar-refractivity contribution in [3.8, 4) is 0 Å². The summed E-state index contributed by atoms with van der Waals surface area (Å²) in [7, 11) is -5.76. The molecular weight excluding hydrogens is 643 g/mol. The average molecular weight is 671 g/mol. The minimum absolute atomic E-state index is 0. The molecule has 1 heterocycles. The second-order valence-corrected chi connectivity index (χ2v) is 20.6. The van der Waals surface area contributed by atoms with Crippen molar-refractivity contribution in [1.29, 1.82) is 0 Å². The van der Waals surface area contributed by atoms with Gasteiger partial charge in [-0.2, -0.15) is 0 Å². The Morgan fingerprint density at radius 1 is 0.450 bits per heavy atom. The second kappa shape index (κ2) is 12.3. The molecule has 4 aromatic rings. The number of rotatable bonds is 4. The summed E-state index contributed by atoms with van der Waals surface area (Å²) < 4.78 is 11.7. The van der Waals surface area contributed by atoms with E-state index in [1.54, 1.807) is 6.56 Å². The molecule has 1 aliphatic heterocycles. The van der Waals surface area contributed by atoms with Crippen LogP contribution < -0.4 is 45.6 Å². The van der Waals surface area contributed by atoms with Crippen LogP contribution in [0, 0.1) is 0 Å². The zero-order chi connectivity index (χ0) is 25.4. The van der Waals surface area contributed by atoms with Gasteiger partial charge in [-0.15, -0.1) is 0 Å². The van der Waals surface area contributed by atoms with E-state index in [0.29, 0.717) is 0 Å². The predicted octanol–water partition coefficient (Wildman–Crippen LogP) is -0.867. The summed E-state index contributed by atoms with van der Waals surface area (Å²) in [5.41, 5.74) is 0. The van der Waals surface area contributed by atoms with E-state index in [4.69, 9.17) is 4.12 Å². The molecule has 0 fully saturated rings. The summed E-state index contributed by atoms with van der Waals surface area (Å²) >= 11 is -0.993. The number of allylic oxidation sites excluding steroid dienone is 8. The molecular formula is C34H28Cl2OSi2Zr. The summed E-state index contributed by atoms with van der Waals surface area (Å²) in [6, 6.07) is 44.8. The Kier molecular flexibility index (Phi) is 8.97. The first-order valence-corrected chi connectivity index (χ1v) is 19.6. The van der Waals surface area contributed by atoms with Gasteiger partial charge in [0.2, 0.25) is 0 Å². The summed E-state index contributed by atoms with van der Waals surface area (Å²) in [5.74, 6) is 0. The van der Waals surface area contributed by atoms with Crippen molar-refractivity contribution in [2.75, 3.05) is 0 Å². The van der Waals surface area contributed by atoms with E-state index in [0.717, 1.165) is 12.8 Å². The summed E-state index contributed by atoms with van der Waals surface area (Å²) in [4.78, 5) is 0. The number of hydrogen-bond donors (Lipinski definition) is 0. The van der Waals surface area contributed by atoms with Gasteiger partial charge < -0.3 is 24.8 Å². The fraction of sp³-hybridized carbons (Fsp3) is 0.0588.